The van der Waals surface area contributed by atoms with Gasteiger partial charge in [0.25, 0.3) is 0 Å². The van der Waals surface area contributed by atoms with E-state index >= 15 is 0 Å². The molecular weight excluding hydrogens is 136 g/mol. The van der Waals surface area contributed by atoms with E-state index in [0.29, 0.717) is 5.92 Å². The Kier molecular flexibility index (Phi) is 1.59. The van der Waals surface area contributed by atoms with Crippen molar-refractivity contribution in [3.63, 3.8) is 0 Å². The van der Waals surface area contributed by atoms with Crippen LogP contribution in [0, 0.1) is 11.3 Å². The van der Waals surface area contributed by atoms with Crippen molar-refractivity contribution in [2.45, 2.75) is 31.3 Å². The van der Waals surface area contributed by atoms with Crippen molar-refractivity contribution in [3.8, 4) is 0 Å². The molecule has 0 aromatic heterocycles. The molecule has 0 radical (unpaired) electrons. The van der Waals surface area contributed by atoms with Crippen molar-refractivity contribution in [2.75, 3.05) is 7.05 Å². The lowest BCUT2D eigenvalue weighted by atomic mass is 9.89. The quantitative estimate of drug-likeness (QED) is 0.560. The molecule has 2 heterocycles. The van der Waals surface area contributed by atoms with Gasteiger partial charge < -0.3 is 0 Å². The van der Waals surface area contributed by atoms with Gasteiger partial charge in [-0.25, -0.2) is 0 Å². The molecule has 11 heavy (non-hydrogen) atoms. The van der Waals surface area contributed by atoms with Crippen LogP contribution in [0.4, 0.5) is 0 Å². The minimum Gasteiger partial charge on any atom is -0.300 e. The second kappa shape index (κ2) is 2.47. The highest BCUT2D eigenvalue weighted by molar-refractivity contribution is 5.48. The number of rotatable bonds is 1. The Balaban J connectivity index is 2.14. The van der Waals surface area contributed by atoms with Gasteiger partial charge >= 0.3 is 0 Å². The van der Waals surface area contributed by atoms with Crippen LogP contribution < -0.4 is 0 Å². The first kappa shape index (κ1) is 7.08. The van der Waals surface area contributed by atoms with E-state index in [1.807, 2.05) is 6.08 Å². The number of fused-ring (bicyclic) bond motifs is 2. The number of nitrogens with zero attached hydrogens (tertiary/aromatic N) is 1. The molecule has 2 bridgehead atoms. The summed E-state index contributed by atoms with van der Waals surface area (Å²) in [4.78, 5) is 2.47. The molecule has 60 valence electrons. The van der Waals surface area contributed by atoms with Gasteiger partial charge in [-0.15, -0.1) is 0 Å². The molecule has 2 aliphatic heterocycles. The van der Waals surface area contributed by atoms with Gasteiger partial charge in [-0.05, 0) is 38.3 Å². The lowest BCUT2D eigenvalue weighted by molar-refractivity contribution is 0.303. The van der Waals surface area contributed by atoms with Crippen LogP contribution in [0.2, 0.25) is 0 Å². The maximum Gasteiger partial charge on any atom is 0.0166 e. The van der Waals surface area contributed by atoms with E-state index in [0.717, 1.165) is 12.1 Å². The molecule has 2 fully saturated rings. The maximum absolute atomic E-state index is 6.89. The van der Waals surface area contributed by atoms with Crippen LogP contribution in [0.5, 0.6) is 0 Å². The molecule has 0 aliphatic carbocycles. The van der Waals surface area contributed by atoms with Crippen molar-refractivity contribution in [3.05, 3.63) is 6.08 Å². The average molecular weight is 150 g/mol. The Morgan fingerprint density at radius 2 is 2.36 bits per heavy atom. The Labute approximate surface area is 67.4 Å². The zero-order valence-corrected chi connectivity index (χ0v) is 6.88. The summed E-state index contributed by atoms with van der Waals surface area (Å²) in [5.74, 6) is 3.03. The van der Waals surface area contributed by atoms with Gasteiger partial charge in [0.1, 0.15) is 0 Å². The molecule has 0 saturated carbocycles. The summed E-state index contributed by atoms with van der Waals surface area (Å²) in [6, 6.07) is 1.52. The fourth-order valence-electron chi connectivity index (χ4n) is 2.60. The SMILES string of the molecule is CN1[C@H]2CC[C@@H]1[C@H](C=C=N)C2. The monoisotopic (exact) mass is 150 g/mol. The molecule has 3 atom stereocenters. The van der Waals surface area contributed by atoms with E-state index in [9.17, 15) is 0 Å². The third-order valence-corrected chi connectivity index (χ3v) is 3.23. The fourth-order valence-corrected chi connectivity index (χ4v) is 2.60. The molecule has 0 aromatic carbocycles. The van der Waals surface area contributed by atoms with Crippen molar-refractivity contribution >= 4 is 5.87 Å². The molecule has 0 aromatic rings. The molecule has 2 nitrogen and oxygen atoms in total. The Hall–Kier alpha value is -0.590. The number of nitrogens with one attached hydrogen (secondary N) is 1. The van der Waals surface area contributed by atoms with Gasteiger partial charge in [-0.3, -0.25) is 10.3 Å². The normalized spacial score (nSPS) is 42.5. The topological polar surface area (TPSA) is 27.1 Å². The van der Waals surface area contributed by atoms with Crippen LogP contribution in [0.3, 0.4) is 0 Å². The van der Waals surface area contributed by atoms with Gasteiger partial charge in [-0.1, -0.05) is 0 Å². The summed E-state index contributed by atoms with van der Waals surface area (Å²) in [6.45, 7) is 0. The Bertz CT molecular complexity index is 206. The van der Waals surface area contributed by atoms with Crippen LogP contribution in [0.15, 0.2) is 6.08 Å². The Morgan fingerprint density at radius 3 is 2.82 bits per heavy atom. The summed E-state index contributed by atoms with van der Waals surface area (Å²) in [7, 11) is 2.21. The third kappa shape index (κ3) is 0.943. The van der Waals surface area contributed by atoms with Gasteiger partial charge in [0.05, 0.1) is 0 Å². The van der Waals surface area contributed by atoms with E-state index in [1.165, 1.54) is 19.3 Å². The molecule has 2 rings (SSSR count). The van der Waals surface area contributed by atoms with Crippen molar-refractivity contribution < 1.29 is 0 Å². The largest absolute Gasteiger partial charge is 0.300 e. The van der Waals surface area contributed by atoms with Crippen LogP contribution in [-0.4, -0.2) is 29.9 Å². The van der Waals surface area contributed by atoms with Crippen LogP contribution >= 0.6 is 0 Å². The number of hydrogen-bond donors (Lipinski definition) is 1. The van der Waals surface area contributed by atoms with E-state index in [-0.39, 0.29) is 0 Å². The second-order valence-electron chi connectivity index (χ2n) is 3.67. The summed E-state index contributed by atoms with van der Waals surface area (Å²) in [5, 5.41) is 6.89. The summed E-state index contributed by atoms with van der Waals surface area (Å²) in [6.07, 6.45) is 5.88. The second-order valence-corrected chi connectivity index (χ2v) is 3.67. The van der Waals surface area contributed by atoms with Crippen molar-refractivity contribution in [1.29, 1.82) is 5.41 Å². The highest BCUT2D eigenvalue weighted by atomic mass is 15.2. The number of hydrogen-bond acceptors (Lipinski definition) is 2. The highest BCUT2D eigenvalue weighted by Crippen LogP contribution is 2.40. The average Bonchev–Trinajstić information content (AvgIpc) is 2.47. The van der Waals surface area contributed by atoms with E-state index in [4.69, 9.17) is 5.41 Å². The van der Waals surface area contributed by atoms with Crippen LogP contribution in [-0.2, 0) is 0 Å². The molecule has 1 N–H and O–H groups in total. The smallest absolute Gasteiger partial charge is 0.0166 e. The molecule has 0 unspecified atom stereocenters. The van der Waals surface area contributed by atoms with Gasteiger partial charge in [0.15, 0.2) is 0 Å². The van der Waals surface area contributed by atoms with Crippen LogP contribution in [0.1, 0.15) is 19.3 Å². The summed E-state index contributed by atoms with van der Waals surface area (Å²) in [5.41, 5.74) is 0. The third-order valence-electron chi connectivity index (χ3n) is 3.23. The van der Waals surface area contributed by atoms with E-state index < -0.39 is 0 Å². The molecule has 2 aliphatic rings. The lowest BCUT2D eigenvalue weighted by Crippen LogP contribution is -2.25. The summed E-state index contributed by atoms with van der Waals surface area (Å²) >= 11 is 0. The van der Waals surface area contributed by atoms with Gasteiger partial charge in [0, 0.05) is 18.0 Å². The molecule has 0 spiro atoms. The van der Waals surface area contributed by atoms with Gasteiger partial charge in [-0.2, -0.15) is 0 Å². The predicted molar refractivity (Wildman–Crippen MR) is 45.0 cm³/mol. The van der Waals surface area contributed by atoms with Crippen molar-refractivity contribution in [2.24, 2.45) is 5.92 Å². The van der Waals surface area contributed by atoms with Crippen molar-refractivity contribution in [1.82, 2.24) is 4.90 Å². The minimum atomic E-state index is 0.622. The predicted octanol–water partition coefficient (Wildman–Crippen LogP) is 1.27. The molecular formula is C9H14N2. The fraction of sp³-hybridized carbons (Fsp3) is 0.778. The first-order chi connectivity index (χ1) is 5.33. The summed E-state index contributed by atoms with van der Waals surface area (Å²) < 4.78 is 0. The zero-order valence-electron chi connectivity index (χ0n) is 6.88. The molecule has 2 saturated heterocycles. The Morgan fingerprint density at radius 1 is 1.55 bits per heavy atom. The first-order valence-electron chi connectivity index (χ1n) is 4.30. The standard InChI is InChI=1S/C9H14N2/c1-11-8-2-3-9(11)7(6-8)4-5-10/h4,7-10H,2-3,6H2,1H3/t7-,8+,9-/m1/s1. The maximum atomic E-state index is 6.89. The molecule has 2 heteroatoms. The molecule has 0 amide bonds. The van der Waals surface area contributed by atoms with E-state index in [2.05, 4.69) is 17.8 Å². The van der Waals surface area contributed by atoms with E-state index in [1.54, 1.807) is 0 Å². The lowest BCUT2D eigenvalue weighted by Gasteiger charge is -2.16. The first-order valence-corrected chi connectivity index (χ1v) is 4.30. The minimum absolute atomic E-state index is 0.622. The van der Waals surface area contributed by atoms with Gasteiger partial charge in [0.2, 0.25) is 0 Å². The zero-order chi connectivity index (χ0) is 7.84. The van der Waals surface area contributed by atoms with Crippen LogP contribution in [0.25, 0.3) is 0 Å². The highest BCUT2D eigenvalue weighted by Gasteiger charge is 2.42.